The van der Waals surface area contributed by atoms with Crippen LogP contribution in [0.25, 0.3) is 0 Å². The summed E-state index contributed by atoms with van der Waals surface area (Å²) in [7, 11) is 1.69. The molecule has 0 unspecified atom stereocenters. The van der Waals surface area contributed by atoms with Crippen molar-refractivity contribution in [2.75, 3.05) is 7.11 Å². The van der Waals surface area contributed by atoms with Gasteiger partial charge in [-0.25, -0.2) is 0 Å². The van der Waals surface area contributed by atoms with E-state index in [4.69, 9.17) is 17.0 Å². The summed E-state index contributed by atoms with van der Waals surface area (Å²) in [5.74, 6) is 0.863. The second-order valence-electron chi connectivity index (χ2n) is 8.53. The van der Waals surface area contributed by atoms with Crippen LogP contribution in [-0.4, -0.2) is 26.7 Å². The largest absolute Gasteiger partial charge is 0.497 e. The van der Waals surface area contributed by atoms with Gasteiger partial charge in [0.1, 0.15) is 5.75 Å². The molecule has 6 heteroatoms. The molecule has 0 bridgehead atoms. The molecule has 1 aliphatic carbocycles. The van der Waals surface area contributed by atoms with E-state index in [0.717, 1.165) is 23.1 Å². The molecule has 0 amide bonds. The number of nitrogens with one attached hydrogen (secondary N) is 1. The second-order valence-corrected chi connectivity index (χ2v) is 8.92. The summed E-state index contributed by atoms with van der Waals surface area (Å²) < 4.78 is 7.83. The molecule has 1 N–H and O–H groups in total. The highest BCUT2D eigenvalue weighted by molar-refractivity contribution is 7.80. The lowest BCUT2D eigenvalue weighted by Crippen LogP contribution is -2.29. The number of methoxy groups -OCH3 is 1. The number of benzene rings is 1. The van der Waals surface area contributed by atoms with Crippen molar-refractivity contribution >= 4 is 17.3 Å². The zero-order chi connectivity index (χ0) is 21.5. The van der Waals surface area contributed by atoms with E-state index in [9.17, 15) is 0 Å². The Bertz CT molecular complexity index is 1090. The van der Waals surface area contributed by atoms with E-state index in [1.807, 2.05) is 30.5 Å². The standard InChI is InChI=1S/C25H28N4OS/c1-16-14-21(17(2)29(16)19-9-10-19)24-23(22-6-4-5-13-26-22)27-25(31)28(24)15-18-7-11-20(30-3)12-8-18/h4-8,11-14,19,23-24H,9-10,15H2,1-3H3,(H,27,31)/t23-,24-/m1/s1. The quantitative estimate of drug-likeness (QED) is 0.554. The molecule has 0 spiro atoms. The Kier molecular flexibility index (Phi) is 5.18. The SMILES string of the molecule is COc1ccc(CN2C(=S)N[C@H](c3ccccn3)[C@H]2c2cc(C)n(C3CC3)c2C)cc1. The molecule has 5 rings (SSSR count). The summed E-state index contributed by atoms with van der Waals surface area (Å²) in [4.78, 5) is 6.98. The van der Waals surface area contributed by atoms with Crippen molar-refractivity contribution in [1.29, 1.82) is 0 Å². The maximum absolute atomic E-state index is 5.84. The van der Waals surface area contributed by atoms with E-state index in [0.29, 0.717) is 6.04 Å². The van der Waals surface area contributed by atoms with E-state index in [-0.39, 0.29) is 12.1 Å². The van der Waals surface area contributed by atoms with Crippen LogP contribution in [0.1, 0.15) is 59.2 Å². The second kappa shape index (κ2) is 8.00. The first kappa shape index (κ1) is 20.1. The Labute approximate surface area is 189 Å². The molecule has 31 heavy (non-hydrogen) atoms. The minimum Gasteiger partial charge on any atom is -0.497 e. The number of nitrogens with zero attached hydrogens (tertiary/aromatic N) is 3. The molecule has 1 saturated carbocycles. The highest BCUT2D eigenvalue weighted by Gasteiger charge is 2.42. The minimum atomic E-state index is 0.0140. The number of ether oxygens (including phenoxy) is 1. The average Bonchev–Trinajstić information content (AvgIpc) is 3.51. The lowest BCUT2D eigenvalue weighted by atomic mass is 9.96. The number of hydrogen-bond donors (Lipinski definition) is 1. The predicted octanol–water partition coefficient (Wildman–Crippen LogP) is 5.02. The number of thiocarbonyl (C=S) groups is 1. The third-order valence-corrected chi connectivity index (χ3v) is 6.82. The van der Waals surface area contributed by atoms with Crippen LogP contribution in [0.5, 0.6) is 5.75 Å². The van der Waals surface area contributed by atoms with Crippen LogP contribution in [0.15, 0.2) is 54.7 Å². The Morgan fingerprint density at radius 3 is 2.55 bits per heavy atom. The van der Waals surface area contributed by atoms with Crippen LogP contribution in [-0.2, 0) is 6.54 Å². The summed E-state index contributed by atoms with van der Waals surface area (Å²) in [6, 6.07) is 17.4. The van der Waals surface area contributed by atoms with Crippen LogP contribution >= 0.6 is 12.2 Å². The van der Waals surface area contributed by atoms with E-state index in [1.165, 1.54) is 35.4 Å². The molecule has 1 saturated heterocycles. The van der Waals surface area contributed by atoms with Gasteiger partial charge in [0.15, 0.2) is 5.11 Å². The van der Waals surface area contributed by atoms with E-state index in [2.05, 4.69) is 57.9 Å². The monoisotopic (exact) mass is 432 g/mol. The summed E-state index contributed by atoms with van der Waals surface area (Å²) >= 11 is 5.84. The smallest absolute Gasteiger partial charge is 0.170 e. The highest BCUT2D eigenvalue weighted by Crippen LogP contribution is 2.45. The Hall–Kier alpha value is -2.86. The Balaban J connectivity index is 1.55. The van der Waals surface area contributed by atoms with Gasteiger partial charge in [-0.1, -0.05) is 18.2 Å². The summed E-state index contributed by atoms with van der Waals surface area (Å²) in [6.45, 7) is 5.21. The predicted molar refractivity (Wildman–Crippen MR) is 126 cm³/mol. The fourth-order valence-corrected chi connectivity index (χ4v) is 5.14. The molecule has 2 fully saturated rings. The molecule has 0 radical (unpaired) electrons. The summed E-state index contributed by atoms with van der Waals surface area (Å²) in [5.41, 5.74) is 6.23. The number of pyridine rings is 1. The van der Waals surface area contributed by atoms with E-state index < -0.39 is 0 Å². The van der Waals surface area contributed by atoms with E-state index in [1.54, 1.807) is 7.11 Å². The normalized spacial score (nSPS) is 20.7. The van der Waals surface area contributed by atoms with Gasteiger partial charge >= 0.3 is 0 Å². The van der Waals surface area contributed by atoms with Crippen molar-refractivity contribution in [2.24, 2.45) is 0 Å². The van der Waals surface area contributed by atoms with Gasteiger partial charge in [0.05, 0.1) is 24.9 Å². The zero-order valence-corrected chi connectivity index (χ0v) is 19.0. The molecule has 3 heterocycles. The van der Waals surface area contributed by atoms with Crippen molar-refractivity contribution in [3.8, 4) is 5.75 Å². The van der Waals surface area contributed by atoms with Gasteiger partial charge in [-0.2, -0.15) is 0 Å². The van der Waals surface area contributed by atoms with Gasteiger partial charge in [0.2, 0.25) is 0 Å². The van der Waals surface area contributed by atoms with Gasteiger partial charge in [-0.05, 0) is 80.4 Å². The molecule has 1 aliphatic heterocycles. The molecular formula is C25H28N4OS. The topological polar surface area (TPSA) is 42.3 Å². The van der Waals surface area contributed by atoms with Crippen LogP contribution in [0.3, 0.4) is 0 Å². The fraction of sp³-hybridized carbons (Fsp3) is 0.360. The van der Waals surface area contributed by atoms with Gasteiger partial charge < -0.3 is 19.5 Å². The van der Waals surface area contributed by atoms with Crippen molar-refractivity contribution in [1.82, 2.24) is 19.8 Å². The average molecular weight is 433 g/mol. The van der Waals surface area contributed by atoms with Gasteiger partial charge in [-0.15, -0.1) is 0 Å². The number of hydrogen-bond acceptors (Lipinski definition) is 3. The van der Waals surface area contributed by atoms with Gasteiger partial charge in [0, 0.05) is 30.2 Å². The third kappa shape index (κ3) is 3.69. The van der Waals surface area contributed by atoms with E-state index >= 15 is 0 Å². The number of rotatable bonds is 6. The molecule has 2 aliphatic rings. The van der Waals surface area contributed by atoms with Gasteiger partial charge in [-0.3, -0.25) is 4.98 Å². The molecule has 5 nitrogen and oxygen atoms in total. The maximum atomic E-state index is 5.84. The number of aromatic nitrogens is 2. The first-order valence-corrected chi connectivity index (χ1v) is 11.3. The Morgan fingerprint density at radius 1 is 1.13 bits per heavy atom. The van der Waals surface area contributed by atoms with Crippen molar-refractivity contribution in [3.05, 3.63) is 82.9 Å². The van der Waals surface area contributed by atoms with Crippen LogP contribution in [0, 0.1) is 13.8 Å². The maximum Gasteiger partial charge on any atom is 0.170 e. The lowest BCUT2D eigenvalue weighted by molar-refractivity contribution is 0.309. The molecule has 2 atom stereocenters. The minimum absolute atomic E-state index is 0.0140. The van der Waals surface area contributed by atoms with Crippen LogP contribution in [0.2, 0.25) is 0 Å². The molecular weight excluding hydrogens is 404 g/mol. The molecule has 1 aromatic carbocycles. The molecule has 160 valence electrons. The Morgan fingerprint density at radius 2 is 1.90 bits per heavy atom. The van der Waals surface area contributed by atoms with Crippen molar-refractivity contribution in [2.45, 2.75) is 51.4 Å². The van der Waals surface area contributed by atoms with Crippen molar-refractivity contribution in [3.63, 3.8) is 0 Å². The third-order valence-electron chi connectivity index (χ3n) is 6.46. The first-order chi connectivity index (χ1) is 15.1. The summed E-state index contributed by atoms with van der Waals surface area (Å²) in [5, 5.41) is 4.34. The van der Waals surface area contributed by atoms with Crippen LogP contribution < -0.4 is 10.1 Å². The fourth-order valence-electron chi connectivity index (χ4n) is 4.84. The first-order valence-electron chi connectivity index (χ1n) is 10.9. The molecule has 3 aromatic rings. The summed E-state index contributed by atoms with van der Waals surface area (Å²) in [6.07, 6.45) is 4.41. The van der Waals surface area contributed by atoms with Gasteiger partial charge in [0.25, 0.3) is 0 Å². The zero-order valence-electron chi connectivity index (χ0n) is 18.2. The number of aryl methyl sites for hydroxylation is 1. The molecule has 2 aromatic heterocycles. The van der Waals surface area contributed by atoms with Crippen molar-refractivity contribution < 1.29 is 4.74 Å². The lowest BCUT2D eigenvalue weighted by Gasteiger charge is -2.28. The highest BCUT2D eigenvalue weighted by atomic mass is 32.1. The van der Waals surface area contributed by atoms with Crippen LogP contribution in [0.4, 0.5) is 0 Å².